The third-order valence-corrected chi connectivity index (χ3v) is 12.1. The van der Waals surface area contributed by atoms with Gasteiger partial charge in [0.15, 0.2) is 17.5 Å². The second-order valence-corrected chi connectivity index (χ2v) is 16.0. The lowest BCUT2D eigenvalue weighted by Crippen LogP contribution is -2.01. The molecule has 0 bridgehead atoms. The Kier molecular flexibility index (Phi) is 8.32. The Hall–Kier alpha value is -9.08. The Balaban J connectivity index is 1.10. The van der Waals surface area contributed by atoms with Gasteiger partial charge < -0.3 is 4.42 Å². The van der Waals surface area contributed by atoms with Crippen LogP contribution in [0.3, 0.4) is 0 Å². The van der Waals surface area contributed by atoms with E-state index in [1.807, 2.05) is 85.6 Å². The highest BCUT2D eigenvalue weighted by atomic mass is 16.3. The first kappa shape index (κ1) is 36.6. The lowest BCUT2D eigenvalue weighted by atomic mass is 9.90. The average Bonchev–Trinajstić information content (AvgIpc) is 3.75. The smallest absolute Gasteiger partial charge is 0.164 e. The van der Waals surface area contributed by atoms with Gasteiger partial charge in [-0.1, -0.05) is 78.9 Å². The van der Waals surface area contributed by atoms with Crippen molar-refractivity contribution in [3.8, 4) is 67.5 Å². The van der Waals surface area contributed by atoms with Gasteiger partial charge in [-0.15, -0.1) is 0 Å². The van der Waals surface area contributed by atoms with E-state index >= 15 is 0 Å². The molecule has 0 spiro atoms. The summed E-state index contributed by atoms with van der Waals surface area (Å²) < 4.78 is 6.37. The number of furan rings is 1. The van der Waals surface area contributed by atoms with Crippen molar-refractivity contribution in [2.24, 2.45) is 0 Å². The van der Waals surface area contributed by atoms with Crippen LogP contribution in [0.15, 0.2) is 199 Å². The van der Waals surface area contributed by atoms with Crippen molar-refractivity contribution in [1.29, 1.82) is 0 Å². The molecule has 0 radical (unpaired) electrons. The van der Waals surface area contributed by atoms with Gasteiger partial charge in [-0.2, -0.15) is 0 Å². The van der Waals surface area contributed by atoms with Gasteiger partial charge in [0.2, 0.25) is 0 Å². The second kappa shape index (κ2) is 14.8. The minimum absolute atomic E-state index is 0.500. The molecule has 0 amide bonds. The Morgan fingerprint density at radius 2 is 0.846 bits per heavy atom. The standard InChI is InChI=1S/C56H32N8O/c1-2-14-48-42(11-1)43-20-19-37(31-49(43)65-48)55-62-54(34-17-15-33(16-18-34)38-10-3-21-57-32-38)63-56(64-55)41-27-39(50-44-12-6-22-58-46(44)29-35-8-4-24-60-52(35)50)26-40(28-41)51-45-13-7-23-59-47(45)30-36-9-5-25-61-53(36)51/h1-32H. The molecule has 0 atom stereocenters. The predicted molar refractivity (Wildman–Crippen MR) is 259 cm³/mol. The zero-order chi connectivity index (χ0) is 42.8. The van der Waals surface area contributed by atoms with E-state index in [2.05, 4.69) is 108 Å². The summed E-state index contributed by atoms with van der Waals surface area (Å²) in [6.45, 7) is 0. The van der Waals surface area contributed by atoms with Crippen LogP contribution >= 0.6 is 0 Å². The molecule has 0 unspecified atom stereocenters. The molecule has 9 nitrogen and oxygen atoms in total. The van der Waals surface area contributed by atoms with Gasteiger partial charge in [0.25, 0.3) is 0 Å². The van der Waals surface area contributed by atoms with Crippen LogP contribution in [0, 0.1) is 0 Å². The number of para-hydroxylation sites is 1. The van der Waals surface area contributed by atoms with Crippen molar-refractivity contribution in [2.45, 2.75) is 0 Å². The first-order valence-corrected chi connectivity index (χ1v) is 21.3. The van der Waals surface area contributed by atoms with Crippen molar-refractivity contribution in [2.75, 3.05) is 0 Å². The summed E-state index contributed by atoms with van der Waals surface area (Å²) in [6.07, 6.45) is 11.0. The molecule has 7 aromatic heterocycles. The molecule has 65 heavy (non-hydrogen) atoms. The monoisotopic (exact) mass is 832 g/mol. The third-order valence-electron chi connectivity index (χ3n) is 12.1. The molecule has 13 aromatic rings. The highest BCUT2D eigenvalue weighted by molar-refractivity contribution is 6.13. The van der Waals surface area contributed by atoms with E-state index in [0.717, 1.165) is 116 Å². The van der Waals surface area contributed by atoms with Gasteiger partial charge in [-0.05, 0) is 101 Å². The fourth-order valence-electron chi connectivity index (χ4n) is 9.13. The molecule has 0 aliphatic rings. The van der Waals surface area contributed by atoms with E-state index in [9.17, 15) is 0 Å². The maximum Gasteiger partial charge on any atom is 0.164 e. The number of benzene rings is 6. The minimum Gasteiger partial charge on any atom is -0.456 e. The van der Waals surface area contributed by atoms with Crippen LogP contribution in [0.25, 0.3) is 133 Å². The molecule has 0 saturated carbocycles. The molecule has 0 saturated heterocycles. The zero-order valence-electron chi connectivity index (χ0n) is 34.5. The Bertz CT molecular complexity index is 3770. The normalized spacial score (nSPS) is 11.7. The Morgan fingerprint density at radius 3 is 1.51 bits per heavy atom. The second-order valence-electron chi connectivity index (χ2n) is 16.0. The molecule has 13 rings (SSSR count). The summed E-state index contributed by atoms with van der Waals surface area (Å²) in [6, 6.07) is 53.5. The van der Waals surface area contributed by atoms with E-state index in [4.69, 9.17) is 39.3 Å². The summed E-state index contributed by atoms with van der Waals surface area (Å²) >= 11 is 0. The van der Waals surface area contributed by atoms with Crippen molar-refractivity contribution in [3.63, 3.8) is 0 Å². The SMILES string of the molecule is c1cncc(-c2ccc(-c3nc(-c4cc(-c5c6cccnc6cc6cccnc56)cc(-c5c6cccnc6cc6cccnc56)c4)nc(-c4ccc5c(c4)oc4ccccc45)n3)cc2)c1. The molecular formula is C56H32N8O. The largest absolute Gasteiger partial charge is 0.456 e. The van der Waals surface area contributed by atoms with Crippen molar-refractivity contribution >= 4 is 65.6 Å². The summed E-state index contributed by atoms with van der Waals surface area (Å²) in [7, 11) is 0. The summed E-state index contributed by atoms with van der Waals surface area (Å²) in [5.74, 6) is 1.54. The number of nitrogens with zero attached hydrogens (tertiary/aromatic N) is 8. The maximum atomic E-state index is 6.37. The van der Waals surface area contributed by atoms with Crippen molar-refractivity contribution in [3.05, 3.63) is 195 Å². The molecule has 0 aliphatic heterocycles. The van der Waals surface area contributed by atoms with E-state index in [-0.39, 0.29) is 0 Å². The first-order chi connectivity index (χ1) is 32.2. The maximum absolute atomic E-state index is 6.37. The van der Waals surface area contributed by atoms with Gasteiger partial charge >= 0.3 is 0 Å². The minimum atomic E-state index is 0.500. The molecular weight excluding hydrogens is 801 g/mol. The molecule has 0 fully saturated rings. The van der Waals surface area contributed by atoms with Crippen LogP contribution in [0.2, 0.25) is 0 Å². The highest BCUT2D eigenvalue weighted by Crippen LogP contribution is 2.42. The van der Waals surface area contributed by atoms with Crippen LogP contribution in [0.1, 0.15) is 0 Å². The molecule has 302 valence electrons. The highest BCUT2D eigenvalue weighted by Gasteiger charge is 2.21. The van der Waals surface area contributed by atoms with Gasteiger partial charge in [0, 0.05) is 97.3 Å². The molecule has 9 heteroatoms. The van der Waals surface area contributed by atoms with Crippen LogP contribution in [-0.2, 0) is 0 Å². The van der Waals surface area contributed by atoms with Gasteiger partial charge in [-0.3, -0.25) is 24.9 Å². The molecule has 0 N–H and O–H groups in total. The van der Waals surface area contributed by atoms with Crippen LogP contribution in [0.5, 0.6) is 0 Å². The number of hydrogen-bond donors (Lipinski definition) is 0. The van der Waals surface area contributed by atoms with Crippen molar-refractivity contribution in [1.82, 2.24) is 39.9 Å². The van der Waals surface area contributed by atoms with E-state index in [0.29, 0.717) is 17.5 Å². The van der Waals surface area contributed by atoms with Crippen LogP contribution in [-0.4, -0.2) is 39.9 Å². The number of hydrogen-bond acceptors (Lipinski definition) is 9. The molecule has 7 heterocycles. The molecule has 0 aliphatic carbocycles. The number of aromatic nitrogens is 8. The summed E-state index contributed by atoms with van der Waals surface area (Å²) in [5, 5.41) is 6.02. The Morgan fingerprint density at radius 1 is 0.323 bits per heavy atom. The molecule has 6 aromatic carbocycles. The number of pyridine rings is 5. The topological polar surface area (TPSA) is 116 Å². The third kappa shape index (κ3) is 6.25. The number of rotatable bonds is 6. The van der Waals surface area contributed by atoms with Crippen LogP contribution < -0.4 is 0 Å². The van der Waals surface area contributed by atoms with E-state index in [1.165, 1.54) is 0 Å². The van der Waals surface area contributed by atoms with Crippen LogP contribution in [0.4, 0.5) is 0 Å². The zero-order valence-corrected chi connectivity index (χ0v) is 34.5. The first-order valence-electron chi connectivity index (χ1n) is 21.3. The average molecular weight is 833 g/mol. The van der Waals surface area contributed by atoms with E-state index < -0.39 is 0 Å². The summed E-state index contributed by atoms with van der Waals surface area (Å²) in [5.41, 5.74) is 13.3. The summed E-state index contributed by atoms with van der Waals surface area (Å²) in [4.78, 5) is 39.7. The Labute approximate surface area is 370 Å². The van der Waals surface area contributed by atoms with Gasteiger partial charge in [0.05, 0.1) is 22.1 Å². The predicted octanol–water partition coefficient (Wildman–Crippen LogP) is 13.4. The lowest BCUT2D eigenvalue weighted by Gasteiger charge is -2.16. The quantitative estimate of drug-likeness (QED) is 0.151. The fraction of sp³-hybridized carbons (Fsp3) is 0. The number of fused-ring (bicyclic) bond motifs is 7. The van der Waals surface area contributed by atoms with Crippen molar-refractivity contribution < 1.29 is 4.42 Å². The fourth-order valence-corrected chi connectivity index (χ4v) is 9.13. The van der Waals surface area contributed by atoms with Gasteiger partial charge in [0.1, 0.15) is 11.2 Å². The van der Waals surface area contributed by atoms with Gasteiger partial charge in [-0.25, -0.2) is 15.0 Å². The lowest BCUT2D eigenvalue weighted by molar-refractivity contribution is 0.669. The van der Waals surface area contributed by atoms with E-state index in [1.54, 1.807) is 6.20 Å².